The van der Waals surface area contributed by atoms with Crippen molar-refractivity contribution in [2.75, 3.05) is 32.8 Å². The number of hydrogen-bond donors (Lipinski definition) is 3. The van der Waals surface area contributed by atoms with Crippen LogP contribution in [-0.4, -0.2) is 43.9 Å². The molecule has 6 heteroatoms. The number of aliphatic hydroxyl groups excluding tert-OH is 1. The summed E-state index contributed by atoms with van der Waals surface area (Å²) in [6, 6.07) is 7.28. The zero-order chi connectivity index (χ0) is 19.5. The molecule has 0 amide bonds. The summed E-state index contributed by atoms with van der Waals surface area (Å²) in [6.07, 6.45) is 5.45. The van der Waals surface area contributed by atoms with E-state index in [0.29, 0.717) is 11.6 Å². The normalized spacial score (nSPS) is 17.7. The first kappa shape index (κ1) is 22.0. The lowest BCUT2D eigenvalue weighted by molar-refractivity contribution is 0.107. The first-order valence-corrected chi connectivity index (χ1v) is 10.5. The molecule has 0 spiro atoms. The fraction of sp³-hybridized carbons (Fsp3) is 0.667. The van der Waals surface area contributed by atoms with Gasteiger partial charge >= 0.3 is 0 Å². The average molecular weight is 396 g/mol. The lowest BCUT2D eigenvalue weighted by Gasteiger charge is -2.27. The maximum Gasteiger partial charge on any atom is 0.191 e. The first-order valence-electron chi connectivity index (χ1n) is 10.1. The summed E-state index contributed by atoms with van der Waals surface area (Å²) in [5.74, 6) is 0.758. The first-order chi connectivity index (χ1) is 13.1. The quantitative estimate of drug-likeness (QED) is 0.319. The molecule has 152 valence electrons. The third-order valence-electron chi connectivity index (χ3n) is 5.28. The van der Waals surface area contributed by atoms with Crippen LogP contribution in [0.15, 0.2) is 29.3 Å². The summed E-state index contributed by atoms with van der Waals surface area (Å²) < 4.78 is 5.59. The number of benzene rings is 1. The molecule has 0 aliphatic heterocycles. The lowest BCUT2D eigenvalue weighted by Crippen LogP contribution is -2.40. The van der Waals surface area contributed by atoms with Crippen molar-refractivity contribution in [3.05, 3.63) is 34.9 Å². The predicted octanol–water partition coefficient (Wildman–Crippen LogP) is 3.92. The summed E-state index contributed by atoms with van der Waals surface area (Å²) >= 11 is 5.91. The standard InChI is InChI=1S/C21H34ClN3O2/c1-3-23-20(24-15-19(26)17-7-9-18(22)10-8-17)25-16-21(11-5-6-12-21)13-14-27-4-2/h7-10,19,26H,3-6,11-16H2,1-2H3,(H2,23,24,25). The minimum absolute atomic E-state index is 0.256. The van der Waals surface area contributed by atoms with Crippen LogP contribution in [0.2, 0.25) is 5.02 Å². The number of ether oxygens (including phenoxy) is 1. The minimum Gasteiger partial charge on any atom is -0.387 e. The zero-order valence-corrected chi connectivity index (χ0v) is 17.4. The van der Waals surface area contributed by atoms with Crippen molar-refractivity contribution in [3.63, 3.8) is 0 Å². The van der Waals surface area contributed by atoms with Gasteiger partial charge in [0.05, 0.1) is 6.10 Å². The molecule has 1 atom stereocenters. The van der Waals surface area contributed by atoms with Crippen molar-refractivity contribution < 1.29 is 9.84 Å². The van der Waals surface area contributed by atoms with Crippen LogP contribution in [0.3, 0.4) is 0 Å². The highest BCUT2D eigenvalue weighted by Gasteiger charge is 2.33. The van der Waals surface area contributed by atoms with Gasteiger partial charge in [-0.25, -0.2) is 0 Å². The topological polar surface area (TPSA) is 65.9 Å². The van der Waals surface area contributed by atoms with Gasteiger partial charge in [-0.1, -0.05) is 36.6 Å². The molecule has 2 rings (SSSR count). The van der Waals surface area contributed by atoms with Gasteiger partial charge < -0.3 is 20.5 Å². The van der Waals surface area contributed by atoms with E-state index in [1.807, 2.05) is 26.0 Å². The molecule has 3 N–H and O–H groups in total. The minimum atomic E-state index is -0.607. The van der Waals surface area contributed by atoms with Crippen molar-refractivity contribution in [1.82, 2.24) is 10.6 Å². The molecule has 1 aliphatic carbocycles. The van der Waals surface area contributed by atoms with E-state index >= 15 is 0 Å². The van der Waals surface area contributed by atoms with Crippen LogP contribution in [0.1, 0.15) is 57.6 Å². The number of nitrogens with one attached hydrogen (secondary N) is 2. The van der Waals surface area contributed by atoms with E-state index in [9.17, 15) is 5.11 Å². The van der Waals surface area contributed by atoms with Crippen molar-refractivity contribution in [1.29, 1.82) is 0 Å². The Labute approximate surface area is 168 Å². The molecule has 1 unspecified atom stereocenters. The van der Waals surface area contributed by atoms with E-state index in [0.717, 1.165) is 44.2 Å². The van der Waals surface area contributed by atoms with Crippen LogP contribution >= 0.6 is 11.6 Å². The fourth-order valence-corrected chi connectivity index (χ4v) is 3.76. The van der Waals surface area contributed by atoms with Gasteiger partial charge in [-0.05, 0) is 56.2 Å². The largest absolute Gasteiger partial charge is 0.387 e. The molecule has 0 heterocycles. The number of nitrogens with zero attached hydrogens (tertiary/aromatic N) is 1. The maximum atomic E-state index is 10.4. The van der Waals surface area contributed by atoms with E-state index in [4.69, 9.17) is 21.3 Å². The number of aliphatic hydroxyl groups is 1. The second kappa shape index (κ2) is 11.5. The van der Waals surface area contributed by atoms with E-state index in [1.165, 1.54) is 25.7 Å². The van der Waals surface area contributed by atoms with Crippen LogP contribution in [0.25, 0.3) is 0 Å². The van der Waals surface area contributed by atoms with Crippen LogP contribution in [-0.2, 0) is 4.74 Å². The third-order valence-corrected chi connectivity index (χ3v) is 5.53. The third kappa shape index (κ3) is 7.32. The molecule has 0 aromatic heterocycles. The number of aliphatic imine (C=N–C) groups is 1. The lowest BCUT2D eigenvalue weighted by atomic mass is 9.83. The predicted molar refractivity (Wildman–Crippen MR) is 112 cm³/mol. The van der Waals surface area contributed by atoms with Gasteiger partial charge in [0, 0.05) is 37.9 Å². The summed E-state index contributed by atoms with van der Waals surface area (Å²) in [4.78, 5) is 4.83. The molecule has 0 saturated heterocycles. The summed E-state index contributed by atoms with van der Waals surface area (Å²) in [6.45, 7) is 7.66. The molecular weight excluding hydrogens is 362 g/mol. The molecular formula is C21H34ClN3O2. The highest BCUT2D eigenvalue weighted by Crippen LogP contribution is 2.41. The fourth-order valence-electron chi connectivity index (χ4n) is 3.63. The van der Waals surface area contributed by atoms with Crippen molar-refractivity contribution in [3.8, 4) is 0 Å². The van der Waals surface area contributed by atoms with E-state index in [-0.39, 0.29) is 5.41 Å². The van der Waals surface area contributed by atoms with Crippen LogP contribution in [0, 0.1) is 5.41 Å². The highest BCUT2D eigenvalue weighted by molar-refractivity contribution is 6.30. The number of halogens is 1. The molecule has 27 heavy (non-hydrogen) atoms. The molecule has 1 aromatic rings. The molecule has 1 aliphatic rings. The Morgan fingerprint density at radius 2 is 1.93 bits per heavy atom. The summed E-state index contributed by atoms with van der Waals surface area (Å²) in [7, 11) is 0. The Kier molecular flexibility index (Phi) is 9.39. The maximum absolute atomic E-state index is 10.4. The summed E-state index contributed by atoms with van der Waals surface area (Å²) in [5.41, 5.74) is 1.10. The Bertz CT molecular complexity index is 571. The highest BCUT2D eigenvalue weighted by atomic mass is 35.5. The van der Waals surface area contributed by atoms with E-state index in [1.54, 1.807) is 12.1 Å². The van der Waals surface area contributed by atoms with Crippen LogP contribution in [0.4, 0.5) is 0 Å². The van der Waals surface area contributed by atoms with Crippen molar-refractivity contribution >= 4 is 17.6 Å². The molecule has 0 bridgehead atoms. The van der Waals surface area contributed by atoms with Crippen molar-refractivity contribution in [2.24, 2.45) is 10.4 Å². The van der Waals surface area contributed by atoms with Crippen molar-refractivity contribution in [2.45, 2.75) is 52.1 Å². The van der Waals surface area contributed by atoms with Gasteiger partial charge in [-0.15, -0.1) is 0 Å². The van der Waals surface area contributed by atoms with Crippen LogP contribution in [0.5, 0.6) is 0 Å². The average Bonchev–Trinajstić information content (AvgIpc) is 3.13. The van der Waals surface area contributed by atoms with E-state index in [2.05, 4.69) is 10.6 Å². The molecule has 1 aromatic carbocycles. The Morgan fingerprint density at radius 3 is 2.56 bits per heavy atom. The van der Waals surface area contributed by atoms with Gasteiger partial charge in [0.25, 0.3) is 0 Å². The number of hydrogen-bond acceptors (Lipinski definition) is 3. The monoisotopic (exact) mass is 395 g/mol. The van der Waals surface area contributed by atoms with Gasteiger partial charge in [-0.3, -0.25) is 4.99 Å². The second-order valence-corrected chi connectivity index (χ2v) is 7.73. The molecule has 1 saturated carbocycles. The Balaban J connectivity index is 1.92. The summed E-state index contributed by atoms with van der Waals surface area (Å²) in [5, 5.41) is 17.6. The number of guanidine groups is 1. The molecule has 0 radical (unpaired) electrons. The SMILES string of the molecule is CCNC(=NCC1(CCOCC)CCCC1)NCC(O)c1ccc(Cl)cc1. The second-order valence-electron chi connectivity index (χ2n) is 7.30. The number of rotatable bonds is 10. The Morgan fingerprint density at radius 1 is 1.22 bits per heavy atom. The van der Waals surface area contributed by atoms with E-state index < -0.39 is 6.10 Å². The van der Waals surface area contributed by atoms with Gasteiger partial charge in [0.1, 0.15) is 0 Å². The Hall–Kier alpha value is -1.30. The zero-order valence-electron chi connectivity index (χ0n) is 16.6. The van der Waals surface area contributed by atoms with Gasteiger partial charge in [0.15, 0.2) is 5.96 Å². The van der Waals surface area contributed by atoms with Gasteiger partial charge in [0.2, 0.25) is 0 Å². The van der Waals surface area contributed by atoms with Gasteiger partial charge in [-0.2, -0.15) is 0 Å². The molecule has 5 nitrogen and oxygen atoms in total. The smallest absolute Gasteiger partial charge is 0.191 e. The molecule has 1 fully saturated rings. The van der Waals surface area contributed by atoms with Crippen LogP contribution < -0.4 is 10.6 Å².